The molecule has 0 fully saturated rings. The number of anilines is 1. The number of nitrogens with zero attached hydrogens (tertiary/aromatic N) is 2. The lowest BCUT2D eigenvalue weighted by Crippen LogP contribution is -2.10. The van der Waals surface area contributed by atoms with Crippen molar-refractivity contribution in [3.63, 3.8) is 0 Å². The SMILES string of the molecule is CCCNc1nc2ccccc2n1CCO. The van der Waals surface area contributed by atoms with Gasteiger partial charge in [-0.3, -0.25) is 0 Å². The predicted octanol–water partition coefficient (Wildman–Crippen LogP) is 1.85. The average molecular weight is 219 g/mol. The Morgan fingerprint density at radius 3 is 2.94 bits per heavy atom. The highest BCUT2D eigenvalue weighted by Crippen LogP contribution is 2.19. The van der Waals surface area contributed by atoms with Crippen molar-refractivity contribution < 1.29 is 5.11 Å². The molecule has 2 N–H and O–H groups in total. The van der Waals surface area contributed by atoms with E-state index in [2.05, 4.69) is 17.2 Å². The lowest BCUT2D eigenvalue weighted by molar-refractivity contribution is 0.278. The third-order valence-electron chi connectivity index (χ3n) is 2.51. The number of imidazole rings is 1. The molecule has 4 nitrogen and oxygen atoms in total. The minimum absolute atomic E-state index is 0.126. The first-order chi connectivity index (χ1) is 7.86. The van der Waals surface area contributed by atoms with E-state index in [1.165, 1.54) is 0 Å². The van der Waals surface area contributed by atoms with Crippen molar-refractivity contribution in [2.24, 2.45) is 0 Å². The third kappa shape index (κ3) is 2.02. The number of aliphatic hydroxyl groups excluding tert-OH is 1. The fourth-order valence-electron chi connectivity index (χ4n) is 1.77. The van der Waals surface area contributed by atoms with Gasteiger partial charge in [0.2, 0.25) is 5.95 Å². The molecule has 0 amide bonds. The van der Waals surface area contributed by atoms with E-state index in [0.29, 0.717) is 6.54 Å². The van der Waals surface area contributed by atoms with Crippen molar-refractivity contribution in [2.75, 3.05) is 18.5 Å². The van der Waals surface area contributed by atoms with E-state index in [9.17, 15) is 0 Å². The molecule has 0 saturated heterocycles. The number of aromatic nitrogens is 2. The molecule has 86 valence electrons. The van der Waals surface area contributed by atoms with Gasteiger partial charge in [-0.2, -0.15) is 0 Å². The number of para-hydroxylation sites is 2. The van der Waals surface area contributed by atoms with Crippen molar-refractivity contribution in [1.29, 1.82) is 0 Å². The van der Waals surface area contributed by atoms with E-state index in [1.54, 1.807) is 0 Å². The summed E-state index contributed by atoms with van der Waals surface area (Å²) in [6, 6.07) is 7.97. The molecule has 0 bridgehead atoms. The zero-order chi connectivity index (χ0) is 11.4. The molecule has 1 heterocycles. The Labute approximate surface area is 94.9 Å². The summed E-state index contributed by atoms with van der Waals surface area (Å²) in [5.41, 5.74) is 2.03. The van der Waals surface area contributed by atoms with Gasteiger partial charge in [0.15, 0.2) is 0 Å². The van der Waals surface area contributed by atoms with E-state index in [0.717, 1.165) is 29.9 Å². The van der Waals surface area contributed by atoms with Crippen LogP contribution in [0.1, 0.15) is 13.3 Å². The Morgan fingerprint density at radius 2 is 2.19 bits per heavy atom. The standard InChI is InChI=1S/C12H17N3O/c1-2-7-13-12-14-10-5-3-4-6-11(10)15(12)8-9-16/h3-6,16H,2,7-9H2,1H3,(H,13,14). The molecular weight excluding hydrogens is 202 g/mol. The number of fused-ring (bicyclic) bond motifs is 1. The minimum Gasteiger partial charge on any atom is -0.395 e. The van der Waals surface area contributed by atoms with Crippen LogP contribution in [0.3, 0.4) is 0 Å². The van der Waals surface area contributed by atoms with Crippen LogP contribution in [0.2, 0.25) is 0 Å². The summed E-state index contributed by atoms with van der Waals surface area (Å²) in [5, 5.41) is 12.3. The predicted molar refractivity (Wildman–Crippen MR) is 65.6 cm³/mol. The maximum Gasteiger partial charge on any atom is 0.203 e. The Balaban J connectivity index is 2.41. The Kier molecular flexibility index (Phi) is 3.41. The van der Waals surface area contributed by atoms with E-state index in [1.807, 2.05) is 28.8 Å². The van der Waals surface area contributed by atoms with E-state index < -0.39 is 0 Å². The van der Waals surface area contributed by atoms with Crippen LogP contribution in [0.15, 0.2) is 24.3 Å². The highest BCUT2D eigenvalue weighted by Gasteiger charge is 2.08. The number of hydrogen-bond acceptors (Lipinski definition) is 3. The molecule has 0 aliphatic rings. The van der Waals surface area contributed by atoms with Gasteiger partial charge in [0, 0.05) is 13.1 Å². The molecule has 1 aromatic carbocycles. The van der Waals surface area contributed by atoms with Crippen molar-refractivity contribution in [2.45, 2.75) is 19.9 Å². The highest BCUT2D eigenvalue weighted by molar-refractivity contribution is 5.78. The molecule has 2 aromatic rings. The number of benzene rings is 1. The van der Waals surface area contributed by atoms with Crippen LogP contribution >= 0.6 is 0 Å². The highest BCUT2D eigenvalue weighted by atomic mass is 16.3. The minimum atomic E-state index is 0.126. The lowest BCUT2D eigenvalue weighted by atomic mass is 10.3. The molecule has 0 spiro atoms. The van der Waals surface area contributed by atoms with Gasteiger partial charge in [-0.25, -0.2) is 4.98 Å². The summed E-state index contributed by atoms with van der Waals surface area (Å²) in [7, 11) is 0. The number of nitrogens with one attached hydrogen (secondary N) is 1. The molecule has 0 saturated carbocycles. The summed E-state index contributed by atoms with van der Waals surface area (Å²) in [6.07, 6.45) is 1.06. The van der Waals surface area contributed by atoms with Gasteiger partial charge in [0.25, 0.3) is 0 Å². The van der Waals surface area contributed by atoms with Gasteiger partial charge in [0.1, 0.15) is 0 Å². The molecule has 0 aliphatic carbocycles. The Morgan fingerprint density at radius 1 is 1.38 bits per heavy atom. The van der Waals surface area contributed by atoms with Gasteiger partial charge in [-0.05, 0) is 18.6 Å². The number of hydrogen-bond donors (Lipinski definition) is 2. The molecule has 2 rings (SSSR count). The summed E-state index contributed by atoms with van der Waals surface area (Å²) < 4.78 is 2.02. The van der Waals surface area contributed by atoms with Gasteiger partial charge in [0.05, 0.1) is 17.6 Å². The maximum atomic E-state index is 9.07. The summed E-state index contributed by atoms with van der Waals surface area (Å²) in [5.74, 6) is 0.845. The van der Waals surface area contributed by atoms with Gasteiger partial charge < -0.3 is 15.0 Å². The van der Waals surface area contributed by atoms with Crippen LogP contribution in [-0.2, 0) is 6.54 Å². The molecule has 1 aromatic heterocycles. The van der Waals surface area contributed by atoms with Crippen LogP contribution in [0.5, 0.6) is 0 Å². The summed E-state index contributed by atoms with van der Waals surface area (Å²) in [6.45, 7) is 3.72. The molecule has 0 unspecified atom stereocenters. The Hall–Kier alpha value is -1.55. The van der Waals surface area contributed by atoms with Crippen LogP contribution in [0.4, 0.5) is 5.95 Å². The topological polar surface area (TPSA) is 50.1 Å². The maximum absolute atomic E-state index is 9.07. The first-order valence-corrected chi connectivity index (χ1v) is 5.66. The first-order valence-electron chi connectivity index (χ1n) is 5.66. The average Bonchev–Trinajstić information content (AvgIpc) is 2.66. The van der Waals surface area contributed by atoms with Gasteiger partial charge in [-0.15, -0.1) is 0 Å². The molecule has 0 atom stereocenters. The molecule has 16 heavy (non-hydrogen) atoms. The van der Waals surface area contributed by atoms with Crippen LogP contribution < -0.4 is 5.32 Å². The van der Waals surface area contributed by atoms with Gasteiger partial charge in [-0.1, -0.05) is 19.1 Å². The third-order valence-corrected chi connectivity index (χ3v) is 2.51. The fraction of sp³-hybridized carbons (Fsp3) is 0.417. The molecule has 0 aliphatic heterocycles. The quantitative estimate of drug-likeness (QED) is 0.807. The molecule has 0 radical (unpaired) electrons. The molecule has 4 heteroatoms. The van der Waals surface area contributed by atoms with Gasteiger partial charge >= 0.3 is 0 Å². The normalized spacial score (nSPS) is 10.9. The van der Waals surface area contributed by atoms with Crippen LogP contribution in [-0.4, -0.2) is 27.8 Å². The second-order valence-electron chi connectivity index (χ2n) is 3.73. The second kappa shape index (κ2) is 4.99. The smallest absolute Gasteiger partial charge is 0.203 e. The van der Waals surface area contributed by atoms with E-state index in [4.69, 9.17) is 5.11 Å². The number of aliphatic hydroxyl groups is 1. The number of rotatable bonds is 5. The zero-order valence-corrected chi connectivity index (χ0v) is 9.48. The fourth-order valence-corrected chi connectivity index (χ4v) is 1.77. The largest absolute Gasteiger partial charge is 0.395 e. The summed E-state index contributed by atoms with van der Waals surface area (Å²) >= 11 is 0. The van der Waals surface area contributed by atoms with Crippen molar-refractivity contribution in [1.82, 2.24) is 9.55 Å². The van der Waals surface area contributed by atoms with Crippen molar-refractivity contribution in [3.8, 4) is 0 Å². The Bertz CT molecular complexity index is 464. The first kappa shape index (κ1) is 11.0. The van der Waals surface area contributed by atoms with Crippen molar-refractivity contribution >= 4 is 17.0 Å². The monoisotopic (exact) mass is 219 g/mol. The second-order valence-corrected chi connectivity index (χ2v) is 3.73. The lowest BCUT2D eigenvalue weighted by Gasteiger charge is -2.08. The zero-order valence-electron chi connectivity index (χ0n) is 9.48. The van der Waals surface area contributed by atoms with Crippen LogP contribution in [0, 0.1) is 0 Å². The van der Waals surface area contributed by atoms with Crippen LogP contribution in [0.25, 0.3) is 11.0 Å². The van der Waals surface area contributed by atoms with E-state index >= 15 is 0 Å². The van der Waals surface area contributed by atoms with Crippen molar-refractivity contribution in [3.05, 3.63) is 24.3 Å². The summed E-state index contributed by atoms with van der Waals surface area (Å²) in [4.78, 5) is 4.51. The molecular formula is C12H17N3O. The van der Waals surface area contributed by atoms with E-state index in [-0.39, 0.29) is 6.61 Å².